The standard InChI is InChI=1S/C11H14O5.Ir/c12-10(7-16-13)11-14-5-8-3-1-2-4-9(8)6-15-11;/h1-4,10-13H,5-7H2;. The number of hydrogen-bond acceptors (Lipinski definition) is 5. The van der Waals surface area contributed by atoms with Gasteiger partial charge in [-0.15, -0.1) is 0 Å². The molecule has 1 unspecified atom stereocenters. The molecule has 17 heavy (non-hydrogen) atoms. The van der Waals surface area contributed by atoms with Crippen molar-refractivity contribution in [1.82, 2.24) is 0 Å². The van der Waals surface area contributed by atoms with E-state index in [2.05, 4.69) is 4.89 Å². The van der Waals surface area contributed by atoms with Gasteiger partial charge in [-0.1, -0.05) is 24.3 Å². The van der Waals surface area contributed by atoms with Crippen molar-refractivity contribution in [3.8, 4) is 0 Å². The van der Waals surface area contributed by atoms with Gasteiger partial charge in [-0.3, -0.25) is 5.26 Å². The summed E-state index contributed by atoms with van der Waals surface area (Å²) in [5.41, 5.74) is 2.09. The van der Waals surface area contributed by atoms with Crippen LogP contribution >= 0.6 is 0 Å². The Balaban J connectivity index is 0.00000144. The topological polar surface area (TPSA) is 68.2 Å². The van der Waals surface area contributed by atoms with Crippen LogP contribution < -0.4 is 0 Å². The maximum absolute atomic E-state index is 9.54. The molecule has 1 atom stereocenters. The summed E-state index contributed by atoms with van der Waals surface area (Å²) in [5, 5.41) is 17.8. The number of rotatable bonds is 3. The smallest absolute Gasteiger partial charge is 0.186 e. The van der Waals surface area contributed by atoms with E-state index < -0.39 is 12.4 Å². The maximum atomic E-state index is 9.54. The normalized spacial score (nSPS) is 17.8. The minimum absolute atomic E-state index is 0. The van der Waals surface area contributed by atoms with Crippen LogP contribution in [0.1, 0.15) is 11.1 Å². The zero-order valence-electron chi connectivity index (χ0n) is 9.04. The molecular formula is C11H14IrO5. The fraction of sp³-hybridized carbons (Fsp3) is 0.455. The molecule has 5 nitrogen and oxygen atoms in total. The molecule has 2 N–H and O–H groups in total. The van der Waals surface area contributed by atoms with E-state index in [0.717, 1.165) is 11.1 Å². The van der Waals surface area contributed by atoms with Gasteiger partial charge in [0.25, 0.3) is 0 Å². The van der Waals surface area contributed by atoms with Crippen molar-refractivity contribution in [2.75, 3.05) is 6.61 Å². The Morgan fingerprint density at radius 2 is 1.76 bits per heavy atom. The molecule has 0 amide bonds. The molecule has 0 bridgehead atoms. The van der Waals surface area contributed by atoms with Crippen LogP contribution in [0.25, 0.3) is 0 Å². The summed E-state index contributed by atoms with van der Waals surface area (Å²) in [6.45, 7) is 0.521. The van der Waals surface area contributed by atoms with Crippen molar-refractivity contribution in [3.63, 3.8) is 0 Å². The molecule has 1 aromatic carbocycles. The summed E-state index contributed by atoms with van der Waals surface area (Å²) in [6, 6.07) is 7.76. The van der Waals surface area contributed by atoms with Crippen LogP contribution in [0.3, 0.4) is 0 Å². The first kappa shape index (κ1) is 14.7. The third-order valence-electron chi connectivity index (χ3n) is 2.48. The van der Waals surface area contributed by atoms with E-state index in [-0.39, 0.29) is 26.7 Å². The third kappa shape index (κ3) is 3.82. The molecule has 0 saturated carbocycles. The minimum Gasteiger partial charge on any atom is -0.385 e. The van der Waals surface area contributed by atoms with E-state index in [0.29, 0.717) is 13.2 Å². The average molecular weight is 418 g/mol. The minimum atomic E-state index is -1.00. The van der Waals surface area contributed by atoms with Gasteiger partial charge in [0.15, 0.2) is 6.29 Å². The molecule has 1 heterocycles. The number of hydrogen-bond donors (Lipinski definition) is 2. The molecule has 0 fully saturated rings. The molecule has 0 aliphatic carbocycles. The second-order valence-electron chi connectivity index (χ2n) is 3.62. The molecule has 1 radical (unpaired) electrons. The largest absolute Gasteiger partial charge is 0.385 e. The second kappa shape index (κ2) is 7.18. The molecule has 1 aliphatic rings. The van der Waals surface area contributed by atoms with Crippen LogP contribution in [0.15, 0.2) is 24.3 Å². The first-order valence-electron chi connectivity index (χ1n) is 5.05. The molecule has 0 spiro atoms. The van der Waals surface area contributed by atoms with Crippen LogP contribution in [0.4, 0.5) is 0 Å². The quantitative estimate of drug-likeness (QED) is 0.564. The van der Waals surface area contributed by atoms with E-state index in [1.807, 2.05) is 24.3 Å². The van der Waals surface area contributed by atoms with Gasteiger partial charge in [0.1, 0.15) is 12.7 Å². The molecule has 2 rings (SSSR count). The van der Waals surface area contributed by atoms with Crippen molar-refractivity contribution in [2.45, 2.75) is 25.6 Å². The summed E-state index contributed by atoms with van der Waals surface area (Å²) in [4.78, 5) is 3.86. The first-order valence-corrected chi connectivity index (χ1v) is 5.05. The summed E-state index contributed by atoms with van der Waals surface area (Å²) >= 11 is 0. The Morgan fingerprint density at radius 3 is 2.24 bits per heavy atom. The maximum Gasteiger partial charge on any atom is 0.186 e. The molecule has 6 heteroatoms. The van der Waals surface area contributed by atoms with Crippen LogP contribution in [-0.4, -0.2) is 29.4 Å². The van der Waals surface area contributed by atoms with E-state index in [9.17, 15) is 5.11 Å². The molecular weight excluding hydrogens is 404 g/mol. The molecule has 0 saturated heterocycles. The van der Waals surface area contributed by atoms with E-state index in [4.69, 9.17) is 14.7 Å². The van der Waals surface area contributed by atoms with Crippen LogP contribution in [0, 0.1) is 0 Å². The van der Waals surface area contributed by atoms with Gasteiger partial charge in [-0.05, 0) is 11.1 Å². The van der Waals surface area contributed by atoms with Crippen molar-refractivity contribution < 1.29 is 44.8 Å². The predicted octanol–water partition coefficient (Wildman–Crippen LogP) is 0.907. The average Bonchev–Trinajstić information content (AvgIpc) is 2.51. The van der Waals surface area contributed by atoms with Gasteiger partial charge in [0.05, 0.1) is 13.2 Å². The SMILES string of the molecule is OOCC(O)C1OCc2ccccc2CO1.[Ir]. The molecule has 0 aromatic heterocycles. The summed E-state index contributed by atoms with van der Waals surface area (Å²) in [5.74, 6) is 0. The van der Waals surface area contributed by atoms with Crippen molar-refractivity contribution in [3.05, 3.63) is 35.4 Å². The second-order valence-corrected chi connectivity index (χ2v) is 3.62. The molecule has 1 aliphatic heterocycles. The van der Waals surface area contributed by atoms with Gasteiger partial charge in [-0.25, -0.2) is 4.89 Å². The zero-order valence-corrected chi connectivity index (χ0v) is 11.4. The monoisotopic (exact) mass is 419 g/mol. The summed E-state index contributed by atoms with van der Waals surface area (Å²) in [6.07, 6.45) is -1.78. The van der Waals surface area contributed by atoms with E-state index in [1.54, 1.807) is 0 Å². The van der Waals surface area contributed by atoms with Crippen LogP contribution in [0.2, 0.25) is 0 Å². The molecule has 97 valence electrons. The van der Waals surface area contributed by atoms with E-state index >= 15 is 0 Å². The van der Waals surface area contributed by atoms with Crippen LogP contribution in [-0.2, 0) is 47.7 Å². The van der Waals surface area contributed by atoms with Gasteiger partial charge < -0.3 is 14.6 Å². The Labute approximate surface area is 113 Å². The van der Waals surface area contributed by atoms with Gasteiger partial charge >= 0.3 is 0 Å². The Kier molecular flexibility index (Phi) is 6.22. The third-order valence-corrected chi connectivity index (χ3v) is 2.48. The zero-order chi connectivity index (χ0) is 11.4. The Bertz CT molecular complexity index is 319. The Hall–Kier alpha value is -0.331. The predicted molar refractivity (Wildman–Crippen MR) is 54.4 cm³/mol. The Morgan fingerprint density at radius 1 is 1.24 bits per heavy atom. The van der Waals surface area contributed by atoms with Gasteiger partial charge in [-0.2, -0.15) is 0 Å². The summed E-state index contributed by atoms with van der Waals surface area (Å²) < 4.78 is 10.8. The fourth-order valence-electron chi connectivity index (χ4n) is 1.61. The first-order chi connectivity index (χ1) is 7.81. The van der Waals surface area contributed by atoms with Crippen molar-refractivity contribution in [2.24, 2.45) is 0 Å². The number of benzene rings is 1. The molecule has 1 aromatic rings. The van der Waals surface area contributed by atoms with Crippen molar-refractivity contribution >= 4 is 0 Å². The number of aliphatic hydroxyl groups is 1. The van der Waals surface area contributed by atoms with E-state index in [1.165, 1.54) is 0 Å². The van der Waals surface area contributed by atoms with Crippen LogP contribution in [0.5, 0.6) is 0 Å². The van der Waals surface area contributed by atoms with Gasteiger partial charge in [0, 0.05) is 20.1 Å². The van der Waals surface area contributed by atoms with Gasteiger partial charge in [0.2, 0.25) is 0 Å². The number of aliphatic hydroxyl groups excluding tert-OH is 1. The van der Waals surface area contributed by atoms with Crippen molar-refractivity contribution in [1.29, 1.82) is 0 Å². The summed E-state index contributed by atoms with van der Waals surface area (Å²) in [7, 11) is 0. The number of ether oxygens (including phenoxy) is 2. The number of fused-ring (bicyclic) bond motifs is 1. The fourth-order valence-corrected chi connectivity index (χ4v) is 1.61.